The topological polar surface area (TPSA) is 54.0 Å². The number of amides is 1. The number of halogens is 2. The third kappa shape index (κ3) is 6.28. The highest BCUT2D eigenvalue weighted by Gasteiger charge is 2.22. The van der Waals surface area contributed by atoms with Crippen molar-refractivity contribution in [3.63, 3.8) is 0 Å². The SMILES string of the molecule is CCOc1cc(C(=S)N2CCN(c3ccccc3F)CC2)ccc1OCC(=O)Nc1ccc(F)cc1. The van der Waals surface area contributed by atoms with Gasteiger partial charge in [-0.3, -0.25) is 4.79 Å². The number of hydrogen-bond donors (Lipinski definition) is 1. The van der Waals surface area contributed by atoms with Crippen LogP contribution < -0.4 is 19.7 Å². The molecule has 1 aliphatic rings. The van der Waals surface area contributed by atoms with Crippen LogP contribution >= 0.6 is 12.2 Å². The first-order chi connectivity index (χ1) is 17.4. The Kier molecular flexibility index (Phi) is 8.32. The summed E-state index contributed by atoms with van der Waals surface area (Å²) in [5.74, 6) is -0.0808. The Morgan fingerprint density at radius 3 is 2.36 bits per heavy atom. The van der Waals surface area contributed by atoms with E-state index in [1.165, 1.54) is 30.3 Å². The molecule has 9 heteroatoms. The van der Waals surface area contributed by atoms with Gasteiger partial charge in [0.15, 0.2) is 18.1 Å². The third-order valence-corrected chi connectivity index (χ3v) is 6.23. The van der Waals surface area contributed by atoms with E-state index in [9.17, 15) is 13.6 Å². The Labute approximate surface area is 214 Å². The Morgan fingerprint density at radius 1 is 0.944 bits per heavy atom. The molecule has 0 unspecified atom stereocenters. The number of para-hydroxylation sites is 1. The van der Waals surface area contributed by atoms with Crippen molar-refractivity contribution in [3.05, 3.63) is 83.9 Å². The molecule has 1 saturated heterocycles. The van der Waals surface area contributed by atoms with Gasteiger partial charge in [-0.15, -0.1) is 0 Å². The highest BCUT2D eigenvalue weighted by atomic mass is 32.1. The standard InChI is InChI=1S/C27H27F2N3O3S/c1-2-34-25-17-19(7-12-24(25)35-18-26(33)30-21-10-8-20(28)9-11-21)27(36)32-15-13-31(14-16-32)23-6-4-3-5-22(23)29/h3-12,17H,2,13-16,18H2,1H3,(H,30,33). The zero-order valence-electron chi connectivity index (χ0n) is 19.9. The molecule has 0 radical (unpaired) electrons. The summed E-state index contributed by atoms with van der Waals surface area (Å²) in [6.07, 6.45) is 0. The molecule has 6 nitrogen and oxygen atoms in total. The van der Waals surface area contributed by atoms with Crippen molar-refractivity contribution in [2.75, 3.05) is 49.6 Å². The van der Waals surface area contributed by atoms with Crippen LogP contribution in [0.5, 0.6) is 11.5 Å². The van der Waals surface area contributed by atoms with Crippen molar-refractivity contribution in [1.29, 1.82) is 0 Å². The van der Waals surface area contributed by atoms with Gasteiger partial charge in [-0.2, -0.15) is 0 Å². The van der Waals surface area contributed by atoms with Gasteiger partial charge in [0.25, 0.3) is 5.91 Å². The minimum Gasteiger partial charge on any atom is -0.490 e. The Bertz CT molecular complexity index is 1220. The molecule has 0 spiro atoms. The zero-order valence-corrected chi connectivity index (χ0v) is 20.7. The molecule has 0 saturated carbocycles. The second-order valence-electron chi connectivity index (χ2n) is 8.17. The molecular weight excluding hydrogens is 484 g/mol. The summed E-state index contributed by atoms with van der Waals surface area (Å²) in [7, 11) is 0. The number of anilines is 2. The van der Waals surface area contributed by atoms with Gasteiger partial charge >= 0.3 is 0 Å². The van der Waals surface area contributed by atoms with Crippen molar-refractivity contribution in [2.24, 2.45) is 0 Å². The summed E-state index contributed by atoms with van der Waals surface area (Å²) in [5.41, 5.74) is 1.88. The molecule has 4 rings (SSSR count). The first-order valence-corrected chi connectivity index (χ1v) is 12.1. The molecular formula is C27H27F2N3O3S. The predicted molar refractivity (Wildman–Crippen MR) is 140 cm³/mol. The van der Waals surface area contributed by atoms with Gasteiger partial charge in [-0.1, -0.05) is 24.4 Å². The predicted octanol–water partition coefficient (Wildman–Crippen LogP) is 4.88. The van der Waals surface area contributed by atoms with Crippen LogP contribution in [-0.2, 0) is 4.79 Å². The van der Waals surface area contributed by atoms with Crippen molar-refractivity contribution >= 4 is 34.5 Å². The van der Waals surface area contributed by atoms with Gasteiger partial charge in [-0.05, 0) is 61.5 Å². The van der Waals surface area contributed by atoms with E-state index in [1.54, 1.807) is 18.2 Å². The molecule has 0 atom stereocenters. The Hall–Kier alpha value is -3.72. The molecule has 188 valence electrons. The zero-order chi connectivity index (χ0) is 25.5. The van der Waals surface area contributed by atoms with E-state index in [0.717, 1.165) is 5.56 Å². The second kappa shape index (κ2) is 11.8. The monoisotopic (exact) mass is 511 g/mol. The van der Waals surface area contributed by atoms with Gasteiger partial charge in [0.1, 0.15) is 16.6 Å². The van der Waals surface area contributed by atoms with E-state index in [-0.39, 0.29) is 24.1 Å². The van der Waals surface area contributed by atoms with Crippen molar-refractivity contribution in [3.8, 4) is 11.5 Å². The average molecular weight is 512 g/mol. The molecule has 3 aromatic rings. The molecule has 0 bridgehead atoms. The lowest BCUT2D eigenvalue weighted by Gasteiger charge is -2.37. The van der Waals surface area contributed by atoms with E-state index in [4.69, 9.17) is 21.7 Å². The molecule has 1 heterocycles. The van der Waals surface area contributed by atoms with Gasteiger partial charge in [-0.25, -0.2) is 8.78 Å². The van der Waals surface area contributed by atoms with Crippen LogP contribution in [0.2, 0.25) is 0 Å². The number of carbonyl (C=O) groups excluding carboxylic acids is 1. The summed E-state index contributed by atoms with van der Waals surface area (Å²) in [6.45, 7) is 4.68. The number of hydrogen-bond acceptors (Lipinski definition) is 5. The van der Waals surface area contributed by atoms with Crippen LogP contribution in [0, 0.1) is 11.6 Å². The number of nitrogens with one attached hydrogen (secondary N) is 1. The van der Waals surface area contributed by atoms with Gasteiger partial charge in [0, 0.05) is 37.4 Å². The van der Waals surface area contributed by atoms with Crippen LogP contribution in [-0.4, -0.2) is 55.2 Å². The van der Waals surface area contributed by atoms with E-state index in [1.807, 2.05) is 30.0 Å². The maximum atomic E-state index is 14.1. The Balaban J connectivity index is 1.37. The van der Waals surface area contributed by atoms with Gasteiger partial charge < -0.3 is 24.6 Å². The van der Waals surface area contributed by atoms with Crippen molar-refractivity contribution < 1.29 is 23.0 Å². The number of piperazine rings is 1. The van der Waals surface area contributed by atoms with E-state index in [2.05, 4.69) is 10.2 Å². The molecule has 3 aromatic carbocycles. The maximum absolute atomic E-state index is 14.1. The van der Waals surface area contributed by atoms with Gasteiger partial charge in [0.2, 0.25) is 0 Å². The largest absolute Gasteiger partial charge is 0.490 e. The maximum Gasteiger partial charge on any atom is 0.262 e. The third-order valence-electron chi connectivity index (χ3n) is 5.74. The molecule has 1 N–H and O–H groups in total. The first kappa shape index (κ1) is 25.4. The lowest BCUT2D eigenvalue weighted by atomic mass is 10.1. The van der Waals surface area contributed by atoms with E-state index in [0.29, 0.717) is 60.6 Å². The summed E-state index contributed by atoms with van der Waals surface area (Å²) < 4.78 is 38.6. The molecule has 36 heavy (non-hydrogen) atoms. The summed E-state index contributed by atoms with van der Waals surface area (Å²) in [4.78, 5) is 17.0. The van der Waals surface area contributed by atoms with Crippen LogP contribution in [0.25, 0.3) is 0 Å². The highest BCUT2D eigenvalue weighted by Crippen LogP contribution is 2.30. The minimum absolute atomic E-state index is 0.225. The number of rotatable bonds is 8. The highest BCUT2D eigenvalue weighted by molar-refractivity contribution is 7.80. The second-order valence-corrected chi connectivity index (χ2v) is 8.56. The van der Waals surface area contributed by atoms with E-state index >= 15 is 0 Å². The first-order valence-electron chi connectivity index (χ1n) is 11.7. The smallest absolute Gasteiger partial charge is 0.262 e. The molecule has 0 aromatic heterocycles. The number of ether oxygens (including phenoxy) is 2. The number of nitrogens with zero attached hydrogens (tertiary/aromatic N) is 2. The van der Waals surface area contributed by atoms with Crippen LogP contribution in [0.1, 0.15) is 12.5 Å². The minimum atomic E-state index is -0.379. The van der Waals surface area contributed by atoms with Crippen molar-refractivity contribution in [1.82, 2.24) is 4.90 Å². The molecule has 1 fully saturated rings. The summed E-state index contributed by atoms with van der Waals surface area (Å²) >= 11 is 5.74. The summed E-state index contributed by atoms with van der Waals surface area (Å²) in [5, 5.41) is 2.66. The number of thiocarbonyl (C=S) groups is 1. The van der Waals surface area contributed by atoms with Crippen LogP contribution in [0.4, 0.5) is 20.2 Å². The fraction of sp³-hybridized carbons (Fsp3) is 0.259. The lowest BCUT2D eigenvalue weighted by molar-refractivity contribution is -0.118. The fourth-order valence-corrected chi connectivity index (χ4v) is 4.25. The quantitative estimate of drug-likeness (QED) is 0.435. The Morgan fingerprint density at radius 2 is 1.67 bits per heavy atom. The normalized spacial score (nSPS) is 13.3. The average Bonchev–Trinajstić information content (AvgIpc) is 2.89. The lowest BCUT2D eigenvalue weighted by Crippen LogP contribution is -2.48. The summed E-state index contributed by atoms with van der Waals surface area (Å²) in [6, 6.07) is 17.6. The number of benzene rings is 3. The molecule has 1 aliphatic heterocycles. The van der Waals surface area contributed by atoms with Gasteiger partial charge in [0.05, 0.1) is 12.3 Å². The van der Waals surface area contributed by atoms with Crippen molar-refractivity contribution in [2.45, 2.75) is 6.92 Å². The molecule has 1 amide bonds. The number of carbonyl (C=O) groups is 1. The van der Waals surface area contributed by atoms with E-state index < -0.39 is 0 Å². The molecule has 0 aliphatic carbocycles. The van der Waals surface area contributed by atoms with Crippen LogP contribution in [0.3, 0.4) is 0 Å². The van der Waals surface area contributed by atoms with Crippen LogP contribution in [0.15, 0.2) is 66.7 Å². The fourth-order valence-electron chi connectivity index (χ4n) is 3.94.